The first-order valence-electron chi connectivity index (χ1n) is 7.20. The van der Waals surface area contributed by atoms with E-state index in [1.54, 1.807) is 11.4 Å². The van der Waals surface area contributed by atoms with Crippen LogP contribution in [0.2, 0.25) is 0 Å². The second-order valence-corrected chi connectivity index (χ2v) is 6.48. The van der Waals surface area contributed by atoms with Crippen molar-refractivity contribution in [2.45, 2.75) is 39.2 Å². The topological polar surface area (TPSA) is 84.2 Å². The van der Waals surface area contributed by atoms with Crippen LogP contribution in [-0.4, -0.2) is 30.4 Å². The van der Waals surface area contributed by atoms with Crippen LogP contribution in [0.25, 0.3) is 0 Å². The number of carbonyl (C=O) groups excluding carboxylic acids is 2. The minimum absolute atomic E-state index is 0. The molecule has 0 radical (unpaired) electrons. The maximum absolute atomic E-state index is 11.9. The van der Waals surface area contributed by atoms with Crippen molar-refractivity contribution in [2.75, 3.05) is 13.1 Å². The Morgan fingerprint density at radius 3 is 2.59 bits per heavy atom. The zero-order chi connectivity index (χ0) is 15.9. The number of carbonyl (C=O) groups is 2. The Hall–Kier alpha value is -1.11. The van der Waals surface area contributed by atoms with Crippen LogP contribution in [0.15, 0.2) is 16.8 Å². The molecule has 2 amide bonds. The summed E-state index contributed by atoms with van der Waals surface area (Å²) in [4.78, 5) is 23.6. The smallest absolute Gasteiger partial charge is 0.252 e. The quantitative estimate of drug-likeness (QED) is 0.630. The molecular formula is C15H26ClN3O2S. The third kappa shape index (κ3) is 6.34. The van der Waals surface area contributed by atoms with Crippen molar-refractivity contribution in [2.24, 2.45) is 11.7 Å². The average molecular weight is 348 g/mol. The van der Waals surface area contributed by atoms with E-state index >= 15 is 0 Å². The number of nitrogens with one attached hydrogen (secondary N) is 2. The lowest BCUT2D eigenvalue weighted by Gasteiger charge is -2.33. The van der Waals surface area contributed by atoms with Crippen LogP contribution in [0.5, 0.6) is 0 Å². The maximum Gasteiger partial charge on any atom is 0.252 e. The monoisotopic (exact) mass is 347 g/mol. The third-order valence-electron chi connectivity index (χ3n) is 3.77. The highest BCUT2D eigenvalue weighted by atomic mass is 35.5. The molecule has 1 rings (SSSR count). The Balaban J connectivity index is 0.00000441. The number of nitrogens with two attached hydrogens (primary N) is 1. The summed E-state index contributed by atoms with van der Waals surface area (Å²) in [5, 5.41) is 9.45. The molecule has 5 nitrogen and oxygen atoms in total. The average Bonchev–Trinajstić information content (AvgIpc) is 2.97. The van der Waals surface area contributed by atoms with Crippen LogP contribution in [0.3, 0.4) is 0 Å². The van der Waals surface area contributed by atoms with E-state index in [-0.39, 0.29) is 35.7 Å². The van der Waals surface area contributed by atoms with Gasteiger partial charge in [-0.1, -0.05) is 13.8 Å². The van der Waals surface area contributed by atoms with Gasteiger partial charge in [0.05, 0.1) is 5.54 Å². The van der Waals surface area contributed by atoms with Gasteiger partial charge >= 0.3 is 0 Å². The first-order chi connectivity index (χ1) is 9.89. The van der Waals surface area contributed by atoms with Crippen LogP contribution >= 0.6 is 23.7 Å². The summed E-state index contributed by atoms with van der Waals surface area (Å²) in [6.07, 6.45) is 0.993. The fourth-order valence-corrected chi connectivity index (χ4v) is 2.39. The SMILES string of the molecule is CC(C)C(C)(CN)NC(=O)CCCNC(=O)c1ccsc1.Cl. The van der Waals surface area contributed by atoms with E-state index in [1.807, 2.05) is 26.2 Å². The molecule has 4 N–H and O–H groups in total. The predicted octanol–water partition coefficient (Wildman–Crippen LogP) is 2.17. The summed E-state index contributed by atoms with van der Waals surface area (Å²) in [6, 6.07) is 1.78. The molecule has 0 bridgehead atoms. The number of amides is 2. The summed E-state index contributed by atoms with van der Waals surface area (Å²) in [5.74, 6) is 0.150. The van der Waals surface area contributed by atoms with Gasteiger partial charge in [0.25, 0.3) is 5.91 Å². The Bertz CT molecular complexity index is 465. The molecule has 0 aliphatic heterocycles. The second-order valence-electron chi connectivity index (χ2n) is 5.70. The molecule has 0 saturated heterocycles. The van der Waals surface area contributed by atoms with E-state index in [0.717, 1.165) is 0 Å². The van der Waals surface area contributed by atoms with Gasteiger partial charge in [-0.3, -0.25) is 9.59 Å². The number of hydrogen-bond acceptors (Lipinski definition) is 4. The van der Waals surface area contributed by atoms with Crippen molar-refractivity contribution >= 4 is 35.6 Å². The fraction of sp³-hybridized carbons (Fsp3) is 0.600. The van der Waals surface area contributed by atoms with Crippen LogP contribution in [0.4, 0.5) is 0 Å². The highest BCUT2D eigenvalue weighted by molar-refractivity contribution is 7.08. The van der Waals surface area contributed by atoms with Crippen LogP contribution in [0.1, 0.15) is 44.0 Å². The van der Waals surface area contributed by atoms with Gasteiger partial charge < -0.3 is 16.4 Å². The lowest BCUT2D eigenvalue weighted by Crippen LogP contribution is -2.55. The summed E-state index contributed by atoms with van der Waals surface area (Å²) in [7, 11) is 0. The predicted molar refractivity (Wildman–Crippen MR) is 93.6 cm³/mol. The number of thiophene rings is 1. The normalized spacial score (nSPS) is 13.1. The zero-order valence-corrected chi connectivity index (χ0v) is 15.0. The molecule has 1 aromatic heterocycles. The zero-order valence-electron chi connectivity index (χ0n) is 13.3. The van der Waals surface area contributed by atoms with E-state index in [1.165, 1.54) is 11.3 Å². The van der Waals surface area contributed by atoms with Crippen LogP contribution < -0.4 is 16.4 Å². The molecule has 0 fully saturated rings. The van der Waals surface area contributed by atoms with Gasteiger partial charge in [-0.2, -0.15) is 11.3 Å². The van der Waals surface area contributed by atoms with Crippen LogP contribution in [0, 0.1) is 5.92 Å². The number of halogens is 1. The Labute approximate surface area is 142 Å². The van der Waals surface area contributed by atoms with Gasteiger partial charge in [0.1, 0.15) is 0 Å². The van der Waals surface area contributed by atoms with Crippen molar-refractivity contribution in [1.82, 2.24) is 10.6 Å². The van der Waals surface area contributed by atoms with E-state index in [9.17, 15) is 9.59 Å². The van der Waals surface area contributed by atoms with Gasteiger partial charge in [0.15, 0.2) is 0 Å². The fourth-order valence-electron chi connectivity index (χ4n) is 1.76. The first-order valence-corrected chi connectivity index (χ1v) is 8.15. The lowest BCUT2D eigenvalue weighted by atomic mass is 9.88. The second kappa shape index (κ2) is 9.82. The summed E-state index contributed by atoms with van der Waals surface area (Å²) < 4.78 is 0. The van der Waals surface area contributed by atoms with Gasteiger partial charge in [-0.25, -0.2) is 0 Å². The molecule has 0 aliphatic carbocycles. The Kier molecular flexibility index (Phi) is 9.32. The van der Waals surface area contributed by atoms with Crippen molar-refractivity contribution in [3.05, 3.63) is 22.4 Å². The van der Waals surface area contributed by atoms with Crippen molar-refractivity contribution in [1.29, 1.82) is 0 Å². The minimum Gasteiger partial charge on any atom is -0.352 e. The highest BCUT2D eigenvalue weighted by Crippen LogP contribution is 2.15. The van der Waals surface area contributed by atoms with Crippen molar-refractivity contribution in [3.63, 3.8) is 0 Å². The molecule has 1 heterocycles. The highest BCUT2D eigenvalue weighted by Gasteiger charge is 2.28. The standard InChI is InChI=1S/C15H25N3O2S.ClH/c1-11(2)15(3,10-16)18-13(19)5-4-7-17-14(20)12-6-8-21-9-12;/h6,8-9,11H,4-5,7,10,16H2,1-3H3,(H,17,20)(H,18,19);1H. The Morgan fingerprint density at radius 2 is 2.09 bits per heavy atom. The number of rotatable bonds is 8. The molecular weight excluding hydrogens is 322 g/mol. The van der Waals surface area contributed by atoms with E-state index < -0.39 is 0 Å². The molecule has 0 aromatic carbocycles. The summed E-state index contributed by atoms with van der Waals surface area (Å²) in [5.41, 5.74) is 6.02. The molecule has 1 aromatic rings. The van der Waals surface area contributed by atoms with Crippen LogP contribution in [-0.2, 0) is 4.79 Å². The van der Waals surface area contributed by atoms with E-state index in [2.05, 4.69) is 10.6 Å². The largest absolute Gasteiger partial charge is 0.352 e. The van der Waals surface area contributed by atoms with Gasteiger partial charge in [0.2, 0.25) is 5.91 Å². The minimum atomic E-state index is -0.378. The molecule has 1 unspecified atom stereocenters. The molecule has 0 aliphatic rings. The Morgan fingerprint density at radius 1 is 1.41 bits per heavy atom. The molecule has 1 atom stereocenters. The van der Waals surface area contributed by atoms with E-state index in [4.69, 9.17) is 5.73 Å². The van der Waals surface area contributed by atoms with Gasteiger partial charge in [-0.05, 0) is 30.7 Å². The summed E-state index contributed by atoms with van der Waals surface area (Å²) in [6.45, 7) is 6.92. The number of hydrogen-bond donors (Lipinski definition) is 3. The maximum atomic E-state index is 11.9. The first kappa shape index (κ1) is 20.9. The molecule has 22 heavy (non-hydrogen) atoms. The lowest BCUT2D eigenvalue weighted by molar-refractivity contribution is -0.123. The molecule has 7 heteroatoms. The van der Waals surface area contributed by atoms with E-state index in [0.29, 0.717) is 31.5 Å². The van der Waals surface area contributed by atoms with Gasteiger partial charge in [-0.15, -0.1) is 12.4 Å². The van der Waals surface area contributed by atoms with Crippen molar-refractivity contribution in [3.8, 4) is 0 Å². The van der Waals surface area contributed by atoms with Crippen molar-refractivity contribution < 1.29 is 9.59 Å². The third-order valence-corrected chi connectivity index (χ3v) is 4.46. The summed E-state index contributed by atoms with van der Waals surface area (Å²) >= 11 is 1.49. The molecule has 126 valence electrons. The van der Waals surface area contributed by atoms with Gasteiger partial charge in [0, 0.05) is 30.5 Å². The molecule has 0 saturated carbocycles. The molecule has 0 spiro atoms.